The molecule has 2 rings (SSSR count). The molecular weight excluding hydrogens is 278 g/mol. The van der Waals surface area contributed by atoms with E-state index in [9.17, 15) is 0 Å². The molecule has 1 heterocycles. The molecule has 1 aliphatic heterocycles. The minimum atomic E-state index is 0.0875. The summed E-state index contributed by atoms with van der Waals surface area (Å²) in [5.74, 6) is 0.0875. The number of halogens is 1. The maximum atomic E-state index is 9.00. The fraction of sp³-hybridized carbons (Fsp3) is 0.500. The van der Waals surface area contributed by atoms with Crippen LogP contribution in [0.2, 0.25) is 5.02 Å². The molecule has 0 saturated carbocycles. The van der Waals surface area contributed by atoms with Gasteiger partial charge >= 0.3 is 0 Å². The monoisotopic (exact) mass is 297 g/mol. The molecule has 0 spiro atoms. The largest absolute Gasteiger partial charge is 0.409 e. The fourth-order valence-electron chi connectivity index (χ4n) is 2.79. The molecule has 0 aromatic heterocycles. The van der Waals surface area contributed by atoms with Gasteiger partial charge in [0, 0.05) is 35.5 Å². The van der Waals surface area contributed by atoms with Crippen molar-refractivity contribution in [2.24, 2.45) is 10.9 Å². The number of hydrogen-bond acceptors (Lipinski definition) is 4. The van der Waals surface area contributed by atoms with Crippen molar-refractivity contribution >= 4 is 23.1 Å². The van der Waals surface area contributed by atoms with E-state index in [2.05, 4.69) is 10.1 Å². The lowest BCUT2D eigenvalue weighted by Gasteiger charge is -2.28. The van der Waals surface area contributed by atoms with Crippen LogP contribution in [-0.2, 0) is 0 Å². The Kier molecular flexibility index (Phi) is 5.09. The molecule has 4 N–H and O–H groups in total. The van der Waals surface area contributed by atoms with E-state index in [4.69, 9.17) is 27.6 Å². The van der Waals surface area contributed by atoms with Gasteiger partial charge in [0.15, 0.2) is 5.84 Å². The van der Waals surface area contributed by atoms with Crippen molar-refractivity contribution in [3.8, 4) is 0 Å². The summed E-state index contributed by atoms with van der Waals surface area (Å²) in [6.07, 6.45) is 3.89. The SMILES string of the molecule is NC(=NO)c1ccc(Cl)cc1N1CCCC1CCCO. The first-order valence-electron chi connectivity index (χ1n) is 6.82. The number of nitrogens with zero attached hydrogens (tertiary/aromatic N) is 2. The standard InChI is InChI=1S/C14H20ClN3O2/c15-10-5-6-12(14(16)17-20)13(9-10)18-7-1-3-11(18)4-2-8-19/h5-6,9,11,19-20H,1-4,7-8H2,(H2,16,17). The van der Waals surface area contributed by atoms with Crippen LogP contribution in [0, 0.1) is 0 Å². The normalized spacial score (nSPS) is 19.6. The summed E-state index contributed by atoms with van der Waals surface area (Å²) in [6.45, 7) is 1.12. The molecule has 1 aromatic rings. The molecule has 0 aliphatic carbocycles. The van der Waals surface area contributed by atoms with Crippen LogP contribution < -0.4 is 10.6 Å². The molecule has 0 bridgehead atoms. The van der Waals surface area contributed by atoms with Crippen molar-refractivity contribution in [1.29, 1.82) is 0 Å². The highest BCUT2D eigenvalue weighted by Gasteiger charge is 2.26. The van der Waals surface area contributed by atoms with E-state index < -0.39 is 0 Å². The molecule has 1 aliphatic rings. The Morgan fingerprint density at radius 3 is 3.00 bits per heavy atom. The summed E-state index contributed by atoms with van der Waals surface area (Å²) in [6, 6.07) is 5.73. The minimum Gasteiger partial charge on any atom is -0.409 e. The lowest BCUT2D eigenvalue weighted by Crippen LogP contribution is -2.31. The average Bonchev–Trinajstić information content (AvgIpc) is 2.92. The van der Waals surface area contributed by atoms with E-state index in [0.717, 1.165) is 37.9 Å². The van der Waals surface area contributed by atoms with E-state index in [1.807, 2.05) is 6.07 Å². The molecule has 1 unspecified atom stereocenters. The van der Waals surface area contributed by atoms with Crippen LogP contribution in [-0.4, -0.2) is 35.3 Å². The maximum absolute atomic E-state index is 9.00. The first-order chi connectivity index (χ1) is 9.67. The number of benzene rings is 1. The van der Waals surface area contributed by atoms with Crippen LogP contribution in [0.4, 0.5) is 5.69 Å². The number of aliphatic hydroxyl groups is 1. The quantitative estimate of drug-likeness (QED) is 0.337. The zero-order valence-electron chi connectivity index (χ0n) is 11.3. The van der Waals surface area contributed by atoms with Crippen LogP contribution in [0.1, 0.15) is 31.2 Å². The molecule has 0 radical (unpaired) electrons. The van der Waals surface area contributed by atoms with Gasteiger partial charge in [0.2, 0.25) is 0 Å². The van der Waals surface area contributed by atoms with Gasteiger partial charge in [0.05, 0.1) is 0 Å². The fourth-order valence-corrected chi connectivity index (χ4v) is 2.96. The van der Waals surface area contributed by atoms with Gasteiger partial charge in [-0.1, -0.05) is 16.8 Å². The number of hydrogen-bond donors (Lipinski definition) is 3. The van der Waals surface area contributed by atoms with Crippen molar-refractivity contribution in [2.45, 2.75) is 31.7 Å². The van der Waals surface area contributed by atoms with Crippen LogP contribution in [0.15, 0.2) is 23.4 Å². The first kappa shape index (κ1) is 14.9. The number of amidine groups is 1. The van der Waals surface area contributed by atoms with Crippen molar-refractivity contribution in [3.63, 3.8) is 0 Å². The highest BCUT2D eigenvalue weighted by atomic mass is 35.5. The second-order valence-corrected chi connectivity index (χ2v) is 5.44. The Morgan fingerprint density at radius 1 is 1.50 bits per heavy atom. The molecule has 1 atom stereocenters. The van der Waals surface area contributed by atoms with Gasteiger partial charge < -0.3 is 20.9 Å². The number of rotatable bonds is 5. The molecular formula is C14H20ClN3O2. The predicted molar refractivity (Wildman–Crippen MR) is 80.7 cm³/mol. The van der Waals surface area contributed by atoms with E-state index in [1.165, 1.54) is 0 Å². The molecule has 1 aromatic carbocycles. The molecule has 110 valence electrons. The zero-order valence-corrected chi connectivity index (χ0v) is 12.1. The van der Waals surface area contributed by atoms with Gasteiger partial charge in [-0.25, -0.2) is 0 Å². The Hall–Kier alpha value is -1.46. The third-order valence-corrected chi connectivity index (χ3v) is 3.96. The van der Waals surface area contributed by atoms with Crippen molar-refractivity contribution < 1.29 is 10.3 Å². The molecule has 1 fully saturated rings. The van der Waals surface area contributed by atoms with Gasteiger partial charge in [0.25, 0.3) is 0 Å². The van der Waals surface area contributed by atoms with Crippen molar-refractivity contribution in [1.82, 2.24) is 0 Å². The lowest BCUT2D eigenvalue weighted by atomic mass is 10.1. The summed E-state index contributed by atoms with van der Waals surface area (Å²) >= 11 is 6.09. The van der Waals surface area contributed by atoms with Crippen molar-refractivity contribution in [3.05, 3.63) is 28.8 Å². The van der Waals surface area contributed by atoms with E-state index >= 15 is 0 Å². The number of oxime groups is 1. The van der Waals surface area contributed by atoms with Gasteiger partial charge in [-0.3, -0.25) is 0 Å². The Labute approximate surface area is 123 Å². The summed E-state index contributed by atoms with van der Waals surface area (Å²) in [7, 11) is 0. The van der Waals surface area contributed by atoms with Gasteiger partial charge in [-0.2, -0.15) is 0 Å². The lowest BCUT2D eigenvalue weighted by molar-refractivity contribution is 0.279. The number of anilines is 1. The van der Waals surface area contributed by atoms with Crippen LogP contribution in [0.25, 0.3) is 0 Å². The smallest absolute Gasteiger partial charge is 0.172 e. The predicted octanol–water partition coefficient (Wildman–Crippen LogP) is 2.18. The van der Waals surface area contributed by atoms with Crippen LogP contribution in [0.5, 0.6) is 0 Å². The third kappa shape index (κ3) is 3.16. The van der Waals surface area contributed by atoms with Gasteiger partial charge in [-0.05, 0) is 43.9 Å². The second kappa shape index (κ2) is 6.81. The summed E-state index contributed by atoms with van der Waals surface area (Å²) in [5, 5.41) is 21.6. The van der Waals surface area contributed by atoms with Gasteiger partial charge in [0.1, 0.15) is 0 Å². The Balaban J connectivity index is 2.32. The zero-order chi connectivity index (χ0) is 14.5. The molecule has 6 heteroatoms. The van der Waals surface area contributed by atoms with E-state index in [0.29, 0.717) is 16.6 Å². The summed E-state index contributed by atoms with van der Waals surface area (Å²) in [4.78, 5) is 2.24. The average molecular weight is 298 g/mol. The molecule has 0 amide bonds. The second-order valence-electron chi connectivity index (χ2n) is 5.00. The number of nitrogens with two attached hydrogens (primary N) is 1. The topological polar surface area (TPSA) is 82.1 Å². The highest BCUT2D eigenvalue weighted by molar-refractivity contribution is 6.31. The Bertz CT molecular complexity index is 493. The van der Waals surface area contributed by atoms with E-state index in [1.54, 1.807) is 12.1 Å². The van der Waals surface area contributed by atoms with E-state index in [-0.39, 0.29) is 12.4 Å². The van der Waals surface area contributed by atoms with Crippen LogP contribution in [0.3, 0.4) is 0 Å². The third-order valence-electron chi connectivity index (χ3n) is 3.73. The molecule has 5 nitrogen and oxygen atoms in total. The van der Waals surface area contributed by atoms with Crippen molar-refractivity contribution in [2.75, 3.05) is 18.1 Å². The minimum absolute atomic E-state index is 0.0875. The van der Waals surface area contributed by atoms with Crippen LogP contribution >= 0.6 is 11.6 Å². The molecule has 20 heavy (non-hydrogen) atoms. The maximum Gasteiger partial charge on any atom is 0.172 e. The highest BCUT2D eigenvalue weighted by Crippen LogP contribution is 2.32. The first-order valence-corrected chi connectivity index (χ1v) is 7.20. The summed E-state index contributed by atoms with van der Waals surface area (Å²) in [5.41, 5.74) is 7.33. The Morgan fingerprint density at radius 2 is 2.30 bits per heavy atom. The molecule has 1 saturated heterocycles. The van der Waals surface area contributed by atoms with Gasteiger partial charge in [-0.15, -0.1) is 0 Å². The summed E-state index contributed by atoms with van der Waals surface area (Å²) < 4.78 is 0. The number of aliphatic hydroxyl groups excluding tert-OH is 1.